The molecule has 1 aliphatic carbocycles. The monoisotopic (exact) mass is 414 g/mol. The lowest BCUT2D eigenvalue weighted by atomic mass is 9.48. The number of likely N-dealkylation sites (N-methyl/N-ethyl adjacent to an activating group) is 1. The molecule has 1 aromatic rings. The minimum Gasteiger partial charge on any atom is -0.497 e. The second kappa shape index (κ2) is 6.22. The third-order valence-electron chi connectivity index (χ3n) is 8.37. The van der Waals surface area contributed by atoms with Crippen molar-refractivity contribution in [3.05, 3.63) is 35.9 Å². The summed E-state index contributed by atoms with van der Waals surface area (Å²) in [7, 11) is 4.79. The lowest BCUT2D eigenvalue weighted by Crippen LogP contribution is -2.80. The Kier molecular flexibility index (Phi) is 4.11. The van der Waals surface area contributed by atoms with Crippen molar-refractivity contribution in [2.45, 2.75) is 49.0 Å². The van der Waals surface area contributed by atoms with Crippen molar-refractivity contribution in [1.82, 2.24) is 4.90 Å². The Labute approximate surface area is 176 Å². The van der Waals surface area contributed by atoms with Crippen molar-refractivity contribution >= 4 is 11.7 Å². The zero-order valence-corrected chi connectivity index (χ0v) is 18.0. The van der Waals surface area contributed by atoms with E-state index in [2.05, 4.69) is 17.0 Å². The molecule has 1 saturated heterocycles. The molecule has 4 aliphatic rings. The number of benzene rings is 1. The summed E-state index contributed by atoms with van der Waals surface area (Å²) in [5, 5.41) is 23.7. The molecule has 3 heterocycles. The Bertz CT molecular complexity index is 934. The van der Waals surface area contributed by atoms with Crippen LogP contribution in [0.4, 0.5) is 5.69 Å². The van der Waals surface area contributed by atoms with Gasteiger partial charge in [-0.15, -0.1) is 0 Å². The molecule has 0 bridgehead atoms. The number of carbonyl (C=O) groups excluding carboxylic acids is 1. The molecule has 5 rings (SSSR count). The van der Waals surface area contributed by atoms with Crippen molar-refractivity contribution in [3.8, 4) is 5.75 Å². The largest absolute Gasteiger partial charge is 0.497 e. The minimum atomic E-state index is -2.07. The summed E-state index contributed by atoms with van der Waals surface area (Å²) < 4.78 is 10.6. The molecular weight excluding hydrogens is 384 g/mol. The maximum atomic E-state index is 13.1. The number of aliphatic hydroxyl groups excluding tert-OH is 1. The van der Waals surface area contributed by atoms with Gasteiger partial charge < -0.3 is 24.6 Å². The van der Waals surface area contributed by atoms with Crippen molar-refractivity contribution < 1.29 is 24.5 Å². The van der Waals surface area contributed by atoms with Crippen LogP contribution in [0.2, 0.25) is 0 Å². The van der Waals surface area contributed by atoms with Crippen LogP contribution in [0.25, 0.3) is 0 Å². The van der Waals surface area contributed by atoms with Gasteiger partial charge in [-0.25, -0.2) is 4.79 Å². The minimum absolute atomic E-state index is 0.0259. The number of nitrogens with zero attached hydrogens (tertiary/aromatic N) is 2. The van der Waals surface area contributed by atoms with Gasteiger partial charge in [0.1, 0.15) is 11.9 Å². The van der Waals surface area contributed by atoms with Gasteiger partial charge in [0.15, 0.2) is 0 Å². The zero-order chi connectivity index (χ0) is 21.5. The molecule has 1 aromatic carbocycles. The number of aliphatic hydroxyl groups is 2. The van der Waals surface area contributed by atoms with Gasteiger partial charge in [-0.1, -0.05) is 25.1 Å². The molecule has 0 unspecified atom stereocenters. The van der Waals surface area contributed by atoms with Crippen LogP contribution < -0.4 is 9.64 Å². The van der Waals surface area contributed by atoms with Gasteiger partial charge in [-0.2, -0.15) is 0 Å². The SMILES string of the molecule is CC[C@]12C=CCN3CC[C@]4(c5ccc(OC)cc5N(C)[C@H]4[C@@](O)(C(=O)OC)[C@@H]1O)[C@@H]32. The third kappa shape index (κ3) is 1.95. The number of hydrogen-bond donors (Lipinski definition) is 2. The first-order chi connectivity index (χ1) is 14.3. The van der Waals surface area contributed by atoms with Crippen molar-refractivity contribution in [2.24, 2.45) is 5.41 Å². The third-order valence-corrected chi connectivity index (χ3v) is 8.37. The molecule has 6 atom stereocenters. The molecule has 1 spiro atoms. The first kappa shape index (κ1) is 19.8. The second-order valence-corrected chi connectivity index (χ2v) is 9.17. The molecule has 0 radical (unpaired) electrons. The van der Waals surface area contributed by atoms with Gasteiger partial charge in [0.2, 0.25) is 5.60 Å². The Balaban J connectivity index is 1.85. The van der Waals surface area contributed by atoms with Gasteiger partial charge in [-0.3, -0.25) is 4.90 Å². The predicted octanol–water partition coefficient (Wildman–Crippen LogP) is 1.07. The van der Waals surface area contributed by atoms with Crippen LogP contribution >= 0.6 is 0 Å². The second-order valence-electron chi connectivity index (χ2n) is 9.17. The molecule has 7 nitrogen and oxygen atoms in total. The van der Waals surface area contributed by atoms with E-state index < -0.39 is 34.5 Å². The Hall–Kier alpha value is -2.09. The fourth-order valence-electron chi connectivity index (χ4n) is 7.34. The van der Waals surface area contributed by atoms with Gasteiger partial charge in [0.25, 0.3) is 0 Å². The molecule has 2 N–H and O–H groups in total. The summed E-state index contributed by atoms with van der Waals surface area (Å²) in [6.07, 6.45) is 4.21. The summed E-state index contributed by atoms with van der Waals surface area (Å²) in [6.45, 7) is 3.67. The highest BCUT2D eigenvalue weighted by Crippen LogP contribution is 2.66. The predicted molar refractivity (Wildman–Crippen MR) is 112 cm³/mol. The van der Waals surface area contributed by atoms with E-state index in [1.807, 2.05) is 37.1 Å². The number of methoxy groups -OCH3 is 2. The highest BCUT2D eigenvalue weighted by molar-refractivity contribution is 5.86. The number of fused-ring (bicyclic) bond motifs is 1. The molecule has 7 heteroatoms. The Morgan fingerprint density at radius 1 is 1.30 bits per heavy atom. The van der Waals surface area contributed by atoms with E-state index in [0.29, 0.717) is 6.42 Å². The number of rotatable bonds is 3. The van der Waals surface area contributed by atoms with Crippen LogP contribution in [-0.2, 0) is 14.9 Å². The number of anilines is 1. The van der Waals surface area contributed by atoms with Gasteiger partial charge in [0.05, 0.1) is 20.3 Å². The van der Waals surface area contributed by atoms with E-state index in [1.165, 1.54) is 7.11 Å². The summed E-state index contributed by atoms with van der Waals surface area (Å²) in [5.41, 5.74) is -1.31. The van der Waals surface area contributed by atoms with Gasteiger partial charge in [-0.05, 0) is 31.0 Å². The lowest BCUT2D eigenvalue weighted by molar-refractivity contribution is -0.218. The van der Waals surface area contributed by atoms with Crippen LogP contribution in [0.15, 0.2) is 30.4 Å². The van der Waals surface area contributed by atoms with E-state index in [9.17, 15) is 15.0 Å². The molecule has 0 aromatic heterocycles. The maximum absolute atomic E-state index is 13.1. The highest BCUT2D eigenvalue weighted by atomic mass is 16.5. The van der Waals surface area contributed by atoms with Crippen molar-refractivity contribution in [3.63, 3.8) is 0 Å². The van der Waals surface area contributed by atoms with Crippen LogP contribution in [0, 0.1) is 5.41 Å². The molecule has 30 heavy (non-hydrogen) atoms. The maximum Gasteiger partial charge on any atom is 0.342 e. The van der Waals surface area contributed by atoms with Crippen LogP contribution in [0.3, 0.4) is 0 Å². The highest BCUT2D eigenvalue weighted by Gasteiger charge is 2.78. The summed E-state index contributed by atoms with van der Waals surface area (Å²) in [4.78, 5) is 17.5. The fraction of sp³-hybridized carbons (Fsp3) is 0.609. The van der Waals surface area contributed by atoms with Gasteiger partial charge >= 0.3 is 5.97 Å². The topological polar surface area (TPSA) is 82.5 Å². The Morgan fingerprint density at radius 2 is 2.07 bits per heavy atom. The molecule has 3 aliphatic heterocycles. The smallest absolute Gasteiger partial charge is 0.342 e. The number of carbonyl (C=O) groups is 1. The first-order valence-electron chi connectivity index (χ1n) is 10.6. The number of esters is 1. The number of ether oxygens (including phenoxy) is 2. The van der Waals surface area contributed by atoms with Gasteiger partial charge in [0, 0.05) is 42.2 Å². The fourth-order valence-corrected chi connectivity index (χ4v) is 7.34. The van der Waals surface area contributed by atoms with E-state index in [0.717, 1.165) is 36.5 Å². The molecular formula is C23H30N2O5. The quantitative estimate of drug-likeness (QED) is 0.566. The van der Waals surface area contributed by atoms with E-state index in [1.54, 1.807) is 7.11 Å². The van der Waals surface area contributed by atoms with E-state index >= 15 is 0 Å². The van der Waals surface area contributed by atoms with E-state index in [-0.39, 0.29) is 6.04 Å². The number of hydrogen-bond acceptors (Lipinski definition) is 7. The van der Waals surface area contributed by atoms with E-state index in [4.69, 9.17) is 9.47 Å². The summed E-state index contributed by atoms with van der Waals surface area (Å²) in [5.74, 6) is -0.0624. The standard InChI is InChI=1S/C23H30N2O5/c1-5-21-9-6-11-25-12-10-22(17(21)25)15-8-7-14(29-3)13-16(15)24(2)18(22)23(28,19(21)26)20(27)30-4/h6-9,13,17-19,26,28H,5,10-12H2,1-4H3/t17-,18+,19+,21+,22-,23-/m0/s1. The lowest BCUT2D eigenvalue weighted by Gasteiger charge is -2.63. The molecule has 162 valence electrons. The van der Waals surface area contributed by atoms with Crippen LogP contribution in [0.5, 0.6) is 5.75 Å². The Morgan fingerprint density at radius 3 is 2.73 bits per heavy atom. The molecule has 1 saturated carbocycles. The first-order valence-corrected chi connectivity index (χ1v) is 10.6. The summed E-state index contributed by atoms with van der Waals surface area (Å²) in [6, 6.07) is 5.31. The van der Waals surface area contributed by atoms with Crippen LogP contribution in [-0.4, -0.2) is 79.2 Å². The summed E-state index contributed by atoms with van der Waals surface area (Å²) >= 11 is 0. The van der Waals surface area contributed by atoms with Crippen LogP contribution in [0.1, 0.15) is 25.3 Å². The average Bonchev–Trinajstić information content (AvgIpc) is 3.28. The zero-order valence-electron chi connectivity index (χ0n) is 18.0. The van der Waals surface area contributed by atoms with Crippen molar-refractivity contribution in [1.29, 1.82) is 0 Å². The average molecular weight is 415 g/mol. The normalized spacial score (nSPS) is 41.3. The molecule has 2 fully saturated rings. The molecule has 0 amide bonds. The van der Waals surface area contributed by atoms with Crippen molar-refractivity contribution in [2.75, 3.05) is 39.3 Å².